The van der Waals surface area contributed by atoms with Crippen LogP contribution in [0.2, 0.25) is 0 Å². The lowest BCUT2D eigenvalue weighted by atomic mass is 10.1. The van der Waals surface area contributed by atoms with Crippen molar-refractivity contribution in [1.29, 1.82) is 0 Å². The Labute approximate surface area is 132 Å². The predicted octanol–water partition coefficient (Wildman–Crippen LogP) is 1.79. The van der Waals surface area contributed by atoms with Crippen molar-refractivity contribution in [3.05, 3.63) is 29.8 Å². The largest absolute Gasteiger partial charge is 0.356 e. The zero-order valence-electron chi connectivity index (χ0n) is 13.7. The Morgan fingerprint density at radius 3 is 2.82 bits per heavy atom. The van der Waals surface area contributed by atoms with Crippen molar-refractivity contribution in [3.8, 4) is 0 Å². The summed E-state index contributed by atoms with van der Waals surface area (Å²) >= 11 is 0. The number of para-hydroxylation sites is 1. The number of amides is 1. The lowest BCUT2D eigenvalue weighted by Gasteiger charge is -2.19. The van der Waals surface area contributed by atoms with E-state index >= 15 is 0 Å². The number of nitrogens with zero attached hydrogens (tertiary/aromatic N) is 2. The molecule has 2 N–H and O–H groups in total. The van der Waals surface area contributed by atoms with Crippen LogP contribution in [0.1, 0.15) is 25.8 Å². The maximum atomic E-state index is 12.4. The molecule has 0 unspecified atom stereocenters. The predicted molar refractivity (Wildman–Crippen MR) is 91.3 cm³/mol. The van der Waals surface area contributed by atoms with Crippen LogP contribution >= 0.6 is 0 Å². The Bertz CT molecular complexity index is 539. The van der Waals surface area contributed by atoms with Crippen molar-refractivity contribution in [1.82, 2.24) is 10.6 Å². The van der Waals surface area contributed by atoms with Gasteiger partial charge in [-0.05, 0) is 30.4 Å². The highest BCUT2D eigenvalue weighted by Crippen LogP contribution is 2.27. The Morgan fingerprint density at radius 1 is 1.32 bits per heavy atom. The summed E-state index contributed by atoms with van der Waals surface area (Å²) in [4.78, 5) is 18.4. The minimum Gasteiger partial charge on any atom is -0.356 e. The van der Waals surface area contributed by atoms with Crippen LogP contribution in [0, 0.1) is 5.92 Å². The molecule has 0 saturated carbocycles. The van der Waals surface area contributed by atoms with Gasteiger partial charge in [0.15, 0.2) is 5.96 Å². The summed E-state index contributed by atoms with van der Waals surface area (Å²) in [5.41, 5.74) is 2.28. The molecule has 1 aromatic rings. The van der Waals surface area contributed by atoms with Crippen LogP contribution in [-0.4, -0.2) is 38.5 Å². The van der Waals surface area contributed by atoms with Gasteiger partial charge in [0, 0.05) is 25.8 Å². The molecule has 1 amide bonds. The van der Waals surface area contributed by atoms with Crippen molar-refractivity contribution >= 4 is 17.6 Å². The fourth-order valence-electron chi connectivity index (χ4n) is 2.55. The maximum Gasteiger partial charge on any atom is 0.246 e. The first-order valence-electron chi connectivity index (χ1n) is 7.94. The number of rotatable bonds is 5. The molecule has 1 aromatic carbocycles. The summed E-state index contributed by atoms with van der Waals surface area (Å²) in [7, 11) is 1.72. The van der Waals surface area contributed by atoms with E-state index in [-0.39, 0.29) is 12.5 Å². The zero-order valence-corrected chi connectivity index (χ0v) is 13.7. The van der Waals surface area contributed by atoms with E-state index in [1.165, 1.54) is 5.56 Å². The highest BCUT2D eigenvalue weighted by atomic mass is 16.2. The molecule has 0 saturated heterocycles. The number of nitrogens with one attached hydrogen (secondary N) is 2. The normalized spacial score (nSPS) is 14.2. The standard InChI is InChI=1S/C17H26N4O/c1-13(2)8-10-19-17(18-3)20-12-16(22)21-11-9-14-6-4-5-7-15(14)21/h4-7,13H,8-12H2,1-3H3,(H2,18,19,20). The lowest BCUT2D eigenvalue weighted by molar-refractivity contribution is -0.117. The van der Waals surface area contributed by atoms with Crippen LogP contribution in [-0.2, 0) is 11.2 Å². The van der Waals surface area contributed by atoms with Crippen LogP contribution in [0.3, 0.4) is 0 Å². The Kier molecular flexibility index (Phi) is 5.81. The molecular formula is C17H26N4O. The molecule has 5 heteroatoms. The molecule has 120 valence electrons. The summed E-state index contributed by atoms with van der Waals surface area (Å²) < 4.78 is 0. The number of carbonyl (C=O) groups excluding carboxylic acids is 1. The first-order valence-corrected chi connectivity index (χ1v) is 7.94. The number of aliphatic imine (C=N–C) groups is 1. The van der Waals surface area contributed by atoms with Crippen molar-refractivity contribution < 1.29 is 4.79 Å². The van der Waals surface area contributed by atoms with E-state index in [4.69, 9.17) is 0 Å². The first-order chi connectivity index (χ1) is 10.6. The summed E-state index contributed by atoms with van der Waals surface area (Å²) in [5.74, 6) is 1.41. The topological polar surface area (TPSA) is 56.7 Å². The number of hydrogen-bond donors (Lipinski definition) is 2. The van der Waals surface area contributed by atoms with Crippen LogP contribution < -0.4 is 15.5 Å². The Morgan fingerprint density at radius 2 is 2.09 bits per heavy atom. The van der Waals surface area contributed by atoms with Gasteiger partial charge in [-0.1, -0.05) is 32.0 Å². The lowest BCUT2D eigenvalue weighted by Crippen LogP contribution is -2.44. The molecule has 0 bridgehead atoms. The van der Waals surface area contributed by atoms with Gasteiger partial charge in [0.05, 0.1) is 6.54 Å². The zero-order chi connectivity index (χ0) is 15.9. The molecule has 0 atom stereocenters. The number of anilines is 1. The van der Waals surface area contributed by atoms with E-state index in [9.17, 15) is 4.79 Å². The number of carbonyl (C=O) groups is 1. The van der Waals surface area contributed by atoms with Crippen molar-refractivity contribution in [2.45, 2.75) is 26.7 Å². The average molecular weight is 302 g/mol. The fraction of sp³-hybridized carbons (Fsp3) is 0.529. The van der Waals surface area contributed by atoms with Gasteiger partial charge >= 0.3 is 0 Å². The van der Waals surface area contributed by atoms with Crippen molar-refractivity contribution in [3.63, 3.8) is 0 Å². The third-order valence-electron chi connectivity index (χ3n) is 3.83. The van der Waals surface area contributed by atoms with E-state index in [0.29, 0.717) is 11.9 Å². The number of fused-ring (bicyclic) bond motifs is 1. The summed E-state index contributed by atoms with van der Waals surface area (Å²) in [6.07, 6.45) is 2.01. The van der Waals surface area contributed by atoms with E-state index in [1.807, 2.05) is 23.1 Å². The van der Waals surface area contributed by atoms with Gasteiger partial charge < -0.3 is 15.5 Å². The third kappa shape index (κ3) is 4.23. The van der Waals surface area contributed by atoms with E-state index in [2.05, 4.69) is 35.5 Å². The molecule has 22 heavy (non-hydrogen) atoms. The van der Waals surface area contributed by atoms with E-state index in [0.717, 1.165) is 31.6 Å². The molecule has 2 rings (SSSR count). The van der Waals surface area contributed by atoms with Crippen LogP contribution in [0.15, 0.2) is 29.3 Å². The van der Waals surface area contributed by atoms with Crippen LogP contribution in [0.5, 0.6) is 0 Å². The van der Waals surface area contributed by atoms with Gasteiger partial charge in [-0.25, -0.2) is 0 Å². The second kappa shape index (κ2) is 7.82. The smallest absolute Gasteiger partial charge is 0.246 e. The molecule has 0 aromatic heterocycles. The molecular weight excluding hydrogens is 276 g/mol. The average Bonchev–Trinajstić information content (AvgIpc) is 2.94. The fourth-order valence-corrected chi connectivity index (χ4v) is 2.55. The van der Waals surface area contributed by atoms with Gasteiger partial charge in [0.2, 0.25) is 5.91 Å². The molecule has 0 fully saturated rings. The van der Waals surface area contributed by atoms with Crippen LogP contribution in [0.4, 0.5) is 5.69 Å². The highest BCUT2D eigenvalue weighted by Gasteiger charge is 2.23. The number of benzene rings is 1. The Hall–Kier alpha value is -2.04. The summed E-state index contributed by atoms with van der Waals surface area (Å²) in [5, 5.41) is 6.33. The molecule has 1 aliphatic rings. The Balaban J connectivity index is 1.83. The molecule has 0 spiro atoms. The van der Waals surface area contributed by atoms with Gasteiger partial charge in [-0.15, -0.1) is 0 Å². The first kappa shape index (κ1) is 16.3. The van der Waals surface area contributed by atoms with Gasteiger partial charge in [0.25, 0.3) is 0 Å². The maximum absolute atomic E-state index is 12.4. The highest BCUT2D eigenvalue weighted by molar-refractivity contribution is 5.98. The van der Waals surface area contributed by atoms with Gasteiger partial charge in [-0.3, -0.25) is 9.79 Å². The van der Waals surface area contributed by atoms with Crippen LogP contribution in [0.25, 0.3) is 0 Å². The van der Waals surface area contributed by atoms with E-state index < -0.39 is 0 Å². The second-order valence-electron chi connectivity index (χ2n) is 5.96. The summed E-state index contributed by atoms with van der Waals surface area (Å²) in [6.45, 7) is 6.26. The second-order valence-corrected chi connectivity index (χ2v) is 5.96. The third-order valence-corrected chi connectivity index (χ3v) is 3.83. The number of hydrogen-bond acceptors (Lipinski definition) is 2. The molecule has 0 radical (unpaired) electrons. The van der Waals surface area contributed by atoms with Gasteiger partial charge in [0.1, 0.15) is 0 Å². The number of guanidine groups is 1. The molecule has 0 aliphatic carbocycles. The monoisotopic (exact) mass is 302 g/mol. The SMILES string of the molecule is CN=C(NCCC(C)C)NCC(=O)N1CCc2ccccc21. The van der Waals surface area contributed by atoms with Crippen molar-refractivity contribution in [2.24, 2.45) is 10.9 Å². The quantitative estimate of drug-likeness (QED) is 0.644. The van der Waals surface area contributed by atoms with Gasteiger partial charge in [-0.2, -0.15) is 0 Å². The van der Waals surface area contributed by atoms with Crippen molar-refractivity contribution in [2.75, 3.05) is 31.6 Å². The molecule has 5 nitrogen and oxygen atoms in total. The van der Waals surface area contributed by atoms with E-state index in [1.54, 1.807) is 7.05 Å². The summed E-state index contributed by atoms with van der Waals surface area (Å²) in [6, 6.07) is 8.09. The molecule has 1 aliphatic heterocycles. The minimum atomic E-state index is 0.0803. The minimum absolute atomic E-state index is 0.0803. The molecule has 1 heterocycles.